The summed E-state index contributed by atoms with van der Waals surface area (Å²) in [5, 5.41) is 12.7. The van der Waals surface area contributed by atoms with E-state index in [4.69, 9.17) is 0 Å². The molecule has 1 aliphatic carbocycles. The summed E-state index contributed by atoms with van der Waals surface area (Å²) in [6.45, 7) is 1.87. The Hall–Kier alpha value is -2.87. The lowest BCUT2D eigenvalue weighted by Crippen LogP contribution is -2.23. The molecule has 0 unspecified atom stereocenters. The van der Waals surface area contributed by atoms with Crippen LogP contribution in [0.3, 0.4) is 0 Å². The number of H-pyrrole nitrogens is 1. The smallest absolute Gasteiger partial charge is 0.181 e. The highest BCUT2D eigenvalue weighted by molar-refractivity contribution is 7.85. The first-order valence-electron chi connectivity index (χ1n) is 8.93. The fourth-order valence-corrected chi connectivity index (χ4v) is 4.77. The summed E-state index contributed by atoms with van der Waals surface area (Å²) >= 11 is 0. The van der Waals surface area contributed by atoms with E-state index < -0.39 is 10.8 Å². The molecule has 136 valence electrons. The molecule has 0 saturated heterocycles. The molecule has 8 heteroatoms. The monoisotopic (exact) mass is 378 g/mol. The van der Waals surface area contributed by atoms with Crippen LogP contribution in [0.5, 0.6) is 0 Å². The van der Waals surface area contributed by atoms with E-state index in [9.17, 15) is 4.21 Å². The first-order valence-corrected chi connectivity index (χ1v) is 10.1. The number of fused-ring (bicyclic) bond motifs is 1. The molecule has 1 saturated carbocycles. The number of hydrogen-bond donors (Lipinski definition) is 1. The fourth-order valence-electron chi connectivity index (χ4n) is 3.23. The average molecular weight is 378 g/mol. The van der Waals surface area contributed by atoms with E-state index in [0.29, 0.717) is 5.82 Å². The van der Waals surface area contributed by atoms with Gasteiger partial charge in [0.05, 0.1) is 27.6 Å². The molecule has 1 aliphatic rings. The van der Waals surface area contributed by atoms with Crippen molar-refractivity contribution in [1.29, 1.82) is 0 Å². The Kier molecular flexibility index (Phi) is 3.86. The molecule has 1 aromatic carbocycles. The van der Waals surface area contributed by atoms with Crippen LogP contribution in [0.2, 0.25) is 0 Å². The molecule has 4 aromatic rings. The van der Waals surface area contributed by atoms with Crippen molar-refractivity contribution in [2.45, 2.75) is 36.3 Å². The number of pyridine rings is 1. The van der Waals surface area contributed by atoms with Gasteiger partial charge in [-0.1, -0.05) is 18.6 Å². The van der Waals surface area contributed by atoms with Crippen molar-refractivity contribution in [3.63, 3.8) is 0 Å². The maximum Gasteiger partial charge on any atom is 0.181 e. The molecule has 0 radical (unpaired) electrons. The summed E-state index contributed by atoms with van der Waals surface area (Å²) < 4.78 is 14.4. The summed E-state index contributed by atoms with van der Waals surface area (Å²) in [5.74, 6) is 1.42. The molecular formula is C19H18N6OS. The third-order valence-corrected chi connectivity index (χ3v) is 6.68. The second kappa shape index (κ2) is 6.38. The molecule has 1 N–H and O–H groups in total. The third kappa shape index (κ3) is 2.86. The molecule has 3 heterocycles. The van der Waals surface area contributed by atoms with Crippen LogP contribution < -0.4 is 0 Å². The lowest BCUT2D eigenvalue weighted by Gasteiger charge is -2.24. The van der Waals surface area contributed by atoms with Crippen LogP contribution in [-0.2, 0) is 10.8 Å². The Bertz CT molecular complexity index is 1160. The zero-order valence-corrected chi connectivity index (χ0v) is 15.6. The lowest BCUT2D eigenvalue weighted by atomic mass is 10.0. The van der Waals surface area contributed by atoms with E-state index >= 15 is 0 Å². The lowest BCUT2D eigenvalue weighted by molar-refractivity contribution is 0.505. The highest BCUT2D eigenvalue weighted by atomic mass is 32.2. The molecule has 0 spiro atoms. The van der Waals surface area contributed by atoms with Gasteiger partial charge < -0.3 is 0 Å². The molecule has 1 atom stereocenters. The van der Waals surface area contributed by atoms with Gasteiger partial charge in [-0.2, -0.15) is 10.2 Å². The Morgan fingerprint density at radius 2 is 2.11 bits per heavy atom. The van der Waals surface area contributed by atoms with Crippen molar-refractivity contribution in [3.05, 3.63) is 48.5 Å². The zero-order valence-electron chi connectivity index (χ0n) is 14.8. The highest BCUT2D eigenvalue weighted by Crippen LogP contribution is 2.29. The largest absolute Gasteiger partial charge is 0.263 e. The Morgan fingerprint density at radius 1 is 1.22 bits per heavy atom. The zero-order chi connectivity index (χ0) is 18.4. The van der Waals surface area contributed by atoms with Gasteiger partial charge in [-0.3, -0.25) is 9.31 Å². The standard InChI is InChI=1S/C19H18N6OS/c1-12-22-18(24-23-12)13-4-2-5-15(8-13)25-19-14(10-21-25)9-17(11-20-19)27(26)16-6-3-7-16/h2,4-5,8-11,16H,3,6-7H2,1H3,(H,22,23,24)/t27-/m1/s1. The normalized spacial score (nSPS) is 15.7. The molecule has 0 aliphatic heterocycles. The first kappa shape index (κ1) is 16.3. The predicted octanol–water partition coefficient (Wildman–Crippen LogP) is 3.17. The topological polar surface area (TPSA) is 89.3 Å². The average Bonchev–Trinajstić information content (AvgIpc) is 3.26. The number of aromatic nitrogens is 6. The highest BCUT2D eigenvalue weighted by Gasteiger charge is 2.25. The van der Waals surface area contributed by atoms with Gasteiger partial charge in [0.2, 0.25) is 0 Å². The van der Waals surface area contributed by atoms with Gasteiger partial charge in [0.15, 0.2) is 11.5 Å². The summed E-state index contributed by atoms with van der Waals surface area (Å²) in [7, 11) is -0.978. The van der Waals surface area contributed by atoms with Crippen LogP contribution in [0, 0.1) is 6.92 Å². The van der Waals surface area contributed by atoms with Gasteiger partial charge in [0.25, 0.3) is 0 Å². The summed E-state index contributed by atoms with van der Waals surface area (Å²) in [6.07, 6.45) is 6.74. The SMILES string of the molecule is Cc1nc(-c2cccc(-n3ncc4cc([S@](=O)C5CCC5)cnc43)c2)n[nH]1. The van der Waals surface area contributed by atoms with Crippen molar-refractivity contribution in [1.82, 2.24) is 29.9 Å². The van der Waals surface area contributed by atoms with Gasteiger partial charge in [0, 0.05) is 22.4 Å². The van der Waals surface area contributed by atoms with E-state index in [1.165, 1.54) is 6.42 Å². The van der Waals surface area contributed by atoms with Crippen molar-refractivity contribution in [2.24, 2.45) is 0 Å². The number of benzene rings is 1. The maximum absolute atomic E-state index is 12.6. The van der Waals surface area contributed by atoms with Gasteiger partial charge in [-0.15, -0.1) is 0 Å². The van der Waals surface area contributed by atoms with E-state index in [0.717, 1.165) is 45.8 Å². The molecule has 7 nitrogen and oxygen atoms in total. The van der Waals surface area contributed by atoms with Gasteiger partial charge in [0.1, 0.15) is 5.82 Å². The first-order chi connectivity index (χ1) is 13.2. The molecule has 0 amide bonds. The van der Waals surface area contributed by atoms with Crippen molar-refractivity contribution in [2.75, 3.05) is 0 Å². The van der Waals surface area contributed by atoms with Crippen LogP contribution in [0.1, 0.15) is 25.1 Å². The number of hydrogen-bond acceptors (Lipinski definition) is 5. The maximum atomic E-state index is 12.6. The number of nitrogens with one attached hydrogen (secondary N) is 1. The Balaban J connectivity index is 1.53. The molecule has 0 bridgehead atoms. The molecule has 5 rings (SSSR count). The van der Waals surface area contributed by atoms with E-state index in [-0.39, 0.29) is 5.25 Å². The third-order valence-electron chi connectivity index (χ3n) is 4.92. The summed E-state index contributed by atoms with van der Waals surface area (Å²) in [5.41, 5.74) is 2.53. The predicted molar refractivity (Wildman–Crippen MR) is 103 cm³/mol. The van der Waals surface area contributed by atoms with Crippen LogP contribution in [-0.4, -0.2) is 39.4 Å². The second-order valence-electron chi connectivity index (χ2n) is 6.79. The molecular weight excluding hydrogens is 360 g/mol. The Morgan fingerprint density at radius 3 is 2.85 bits per heavy atom. The number of nitrogens with zero attached hydrogens (tertiary/aromatic N) is 5. The molecule has 1 fully saturated rings. The number of rotatable bonds is 4. The van der Waals surface area contributed by atoms with Crippen molar-refractivity contribution < 1.29 is 4.21 Å². The van der Waals surface area contributed by atoms with Crippen LogP contribution in [0.15, 0.2) is 47.6 Å². The minimum absolute atomic E-state index is 0.279. The van der Waals surface area contributed by atoms with E-state index in [1.807, 2.05) is 37.3 Å². The van der Waals surface area contributed by atoms with Gasteiger partial charge in [-0.05, 0) is 38.0 Å². The van der Waals surface area contributed by atoms with Crippen molar-refractivity contribution >= 4 is 21.8 Å². The van der Waals surface area contributed by atoms with Crippen LogP contribution in [0.25, 0.3) is 28.1 Å². The van der Waals surface area contributed by atoms with E-state index in [1.54, 1.807) is 17.1 Å². The number of aromatic amines is 1. The van der Waals surface area contributed by atoms with Crippen LogP contribution in [0.4, 0.5) is 0 Å². The van der Waals surface area contributed by atoms with Crippen molar-refractivity contribution in [3.8, 4) is 17.1 Å². The van der Waals surface area contributed by atoms with Gasteiger partial charge >= 0.3 is 0 Å². The Labute approximate surface area is 158 Å². The fraction of sp³-hybridized carbons (Fsp3) is 0.263. The minimum atomic E-state index is -0.978. The summed E-state index contributed by atoms with van der Waals surface area (Å²) in [6, 6.07) is 9.81. The van der Waals surface area contributed by atoms with E-state index in [2.05, 4.69) is 25.3 Å². The quantitative estimate of drug-likeness (QED) is 0.589. The summed E-state index contributed by atoms with van der Waals surface area (Å²) in [4.78, 5) is 9.73. The molecule has 27 heavy (non-hydrogen) atoms. The molecule has 3 aromatic heterocycles. The van der Waals surface area contributed by atoms with Gasteiger partial charge in [-0.25, -0.2) is 14.6 Å². The second-order valence-corrected chi connectivity index (χ2v) is 8.52. The van der Waals surface area contributed by atoms with Crippen LogP contribution >= 0.6 is 0 Å². The minimum Gasteiger partial charge on any atom is -0.263 e. The number of aryl methyl sites for hydroxylation is 1.